The molecule has 212 valence electrons. The Balaban J connectivity index is 1.19. The monoisotopic (exact) mass is 555 g/mol. The molecule has 2 aromatic heterocycles. The molecule has 1 saturated carbocycles. The van der Waals surface area contributed by atoms with E-state index in [9.17, 15) is 22.8 Å². The molecular weight excluding hydrogens is 523 g/mol. The van der Waals surface area contributed by atoms with Crippen LogP contribution in [-0.2, 0) is 11.0 Å². The largest absolute Gasteiger partial charge is 0.452 e. The number of anilines is 2. The van der Waals surface area contributed by atoms with Gasteiger partial charge >= 0.3 is 6.18 Å². The van der Waals surface area contributed by atoms with Gasteiger partial charge in [-0.25, -0.2) is 9.97 Å². The number of hydrogen-bond donors (Lipinski definition) is 1. The quantitative estimate of drug-likeness (QED) is 0.384. The Hall–Kier alpha value is -3.89. The van der Waals surface area contributed by atoms with Crippen LogP contribution in [0.4, 0.5) is 24.7 Å². The molecule has 11 heteroatoms. The summed E-state index contributed by atoms with van der Waals surface area (Å²) in [6.07, 6.45) is 3.54. The molecule has 8 nitrogen and oxygen atoms in total. The van der Waals surface area contributed by atoms with Crippen LogP contribution < -0.4 is 10.2 Å². The Bertz CT molecular complexity index is 1310. The van der Waals surface area contributed by atoms with Crippen molar-refractivity contribution in [2.45, 2.75) is 57.2 Å². The number of amides is 2. The number of halogens is 3. The highest BCUT2D eigenvalue weighted by molar-refractivity contribution is 6.04. The van der Waals surface area contributed by atoms with Crippen molar-refractivity contribution in [3.05, 3.63) is 60.1 Å². The summed E-state index contributed by atoms with van der Waals surface area (Å²) >= 11 is 0. The van der Waals surface area contributed by atoms with E-state index in [0.717, 1.165) is 38.8 Å². The predicted molar refractivity (Wildman–Crippen MR) is 144 cm³/mol. The topological polar surface area (TPSA) is 91.6 Å². The number of piperidine rings is 1. The van der Waals surface area contributed by atoms with Gasteiger partial charge in [0.2, 0.25) is 17.6 Å². The molecule has 1 N–H and O–H groups in total. The maximum atomic E-state index is 13.6. The maximum absolute atomic E-state index is 13.6. The van der Waals surface area contributed by atoms with Crippen LogP contribution in [0, 0.1) is 5.92 Å². The number of oxazole rings is 1. The zero-order chi connectivity index (χ0) is 28.3. The van der Waals surface area contributed by atoms with E-state index in [1.165, 1.54) is 19.0 Å². The number of nitrogens with zero attached hydrogens (tertiary/aromatic N) is 4. The van der Waals surface area contributed by atoms with Gasteiger partial charge < -0.3 is 19.5 Å². The van der Waals surface area contributed by atoms with Crippen LogP contribution >= 0.6 is 0 Å². The molecule has 0 bridgehead atoms. The average Bonchev–Trinajstić information content (AvgIpc) is 3.64. The van der Waals surface area contributed by atoms with Crippen LogP contribution in [0.25, 0.3) is 11.5 Å². The van der Waals surface area contributed by atoms with Gasteiger partial charge in [-0.05, 0) is 55.9 Å². The molecule has 0 unspecified atom stereocenters. The smallest absolute Gasteiger partial charge is 0.431 e. The summed E-state index contributed by atoms with van der Waals surface area (Å²) < 4.78 is 45.7. The third kappa shape index (κ3) is 6.29. The van der Waals surface area contributed by atoms with Crippen molar-refractivity contribution in [2.24, 2.45) is 5.92 Å². The molecule has 1 aliphatic carbocycles. The van der Waals surface area contributed by atoms with Crippen LogP contribution in [0.1, 0.15) is 61.2 Å². The standard InChI is InChI=1S/C29H32F3N5O3/c1-36(24(38)17-19-7-5-6-8-19)22-13-15-37(16-14-22)23-12-11-21(18-33-23)34-27(39)25-26(29(30,31)32)40-28(35-25)20-9-3-2-4-10-20/h2-4,9-12,18-19,22H,5-8,13-17H2,1H3,(H,34,39). The highest BCUT2D eigenvalue weighted by Crippen LogP contribution is 2.36. The van der Waals surface area contributed by atoms with Crippen molar-refractivity contribution in [1.29, 1.82) is 0 Å². The molecule has 5 rings (SSSR count). The number of carbonyl (C=O) groups excluding carboxylic acids is 2. The fraction of sp³-hybridized carbons (Fsp3) is 0.448. The first-order chi connectivity index (χ1) is 19.2. The number of alkyl halides is 3. The number of benzene rings is 1. The van der Waals surface area contributed by atoms with Crippen LogP contribution in [-0.4, -0.2) is 52.9 Å². The molecule has 0 atom stereocenters. The molecule has 2 amide bonds. The van der Waals surface area contributed by atoms with Gasteiger partial charge in [-0.2, -0.15) is 13.2 Å². The van der Waals surface area contributed by atoms with E-state index >= 15 is 0 Å². The molecule has 1 aliphatic heterocycles. The molecular formula is C29H32F3N5O3. The number of nitrogens with one attached hydrogen (secondary N) is 1. The van der Waals surface area contributed by atoms with Crippen molar-refractivity contribution in [3.63, 3.8) is 0 Å². The minimum absolute atomic E-state index is 0.190. The second-order valence-corrected chi connectivity index (χ2v) is 10.5. The van der Waals surface area contributed by atoms with Gasteiger partial charge in [-0.3, -0.25) is 9.59 Å². The summed E-state index contributed by atoms with van der Waals surface area (Å²) in [6.45, 7) is 1.45. The second-order valence-electron chi connectivity index (χ2n) is 10.5. The summed E-state index contributed by atoms with van der Waals surface area (Å²) in [5.41, 5.74) is -0.284. The number of hydrogen-bond acceptors (Lipinski definition) is 6. The molecule has 3 aromatic rings. The molecule has 2 fully saturated rings. The molecule has 1 aromatic carbocycles. The fourth-order valence-corrected chi connectivity index (χ4v) is 5.50. The van der Waals surface area contributed by atoms with Crippen molar-refractivity contribution in [1.82, 2.24) is 14.9 Å². The minimum atomic E-state index is -4.89. The summed E-state index contributed by atoms with van der Waals surface area (Å²) in [4.78, 5) is 37.8. The Morgan fingerprint density at radius 1 is 1.05 bits per heavy atom. The lowest BCUT2D eigenvalue weighted by atomic mass is 10.00. The van der Waals surface area contributed by atoms with E-state index in [0.29, 0.717) is 23.7 Å². The highest BCUT2D eigenvalue weighted by atomic mass is 19.4. The van der Waals surface area contributed by atoms with E-state index in [-0.39, 0.29) is 23.5 Å². The third-order valence-corrected chi connectivity index (χ3v) is 7.79. The normalized spacial score (nSPS) is 16.8. The van der Waals surface area contributed by atoms with E-state index < -0.39 is 23.5 Å². The Morgan fingerprint density at radius 3 is 2.38 bits per heavy atom. The molecule has 0 radical (unpaired) electrons. The van der Waals surface area contributed by atoms with E-state index in [4.69, 9.17) is 4.42 Å². The van der Waals surface area contributed by atoms with Gasteiger partial charge in [-0.15, -0.1) is 0 Å². The molecule has 1 saturated heterocycles. The first-order valence-corrected chi connectivity index (χ1v) is 13.6. The van der Waals surface area contributed by atoms with Crippen LogP contribution in [0.15, 0.2) is 53.1 Å². The second kappa shape index (κ2) is 11.7. The molecule has 40 heavy (non-hydrogen) atoms. The molecule has 3 heterocycles. The Labute approximate surface area is 230 Å². The molecule has 0 spiro atoms. The summed E-state index contributed by atoms with van der Waals surface area (Å²) in [6, 6.07) is 11.6. The molecule has 2 aliphatic rings. The van der Waals surface area contributed by atoms with Crippen molar-refractivity contribution in [2.75, 3.05) is 30.4 Å². The zero-order valence-electron chi connectivity index (χ0n) is 22.3. The van der Waals surface area contributed by atoms with Gasteiger partial charge in [0.05, 0.1) is 11.9 Å². The SMILES string of the molecule is CN(C(=O)CC1CCCC1)C1CCN(c2ccc(NC(=O)c3nc(-c4ccccc4)oc3C(F)(F)F)cn2)CC1. The highest BCUT2D eigenvalue weighted by Gasteiger charge is 2.42. The van der Waals surface area contributed by atoms with Crippen molar-refractivity contribution in [3.8, 4) is 11.5 Å². The van der Waals surface area contributed by atoms with Crippen LogP contribution in [0.2, 0.25) is 0 Å². The summed E-state index contributed by atoms with van der Waals surface area (Å²) in [5, 5.41) is 2.44. The first-order valence-electron chi connectivity index (χ1n) is 13.6. The maximum Gasteiger partial charge on any atom is 0.452 e. The summed E-state index contributed by atoms with van der Waals surface area (Å²) in [5.74, 6) is -1.35. The lowest BCUT2D eigenvalue weighted by Crippen LogP contribution is -2.46. The number of carbonyl (C=O) groups is 2. The van der Waals surface area contributed by atoms with Crippen LogP contribution in [0.3, 0.4) is 0 Å². The van der Waals surface area contributed by atoms with Gasteiger partial charge in [0, 0.05) is 38.2 Å². The Morgan fingerprint density at radius 2 is 1.75 bits per heavy atom. The van der Waals surface area contributed by atoms with E-state index in [1.807, 2.05) is 11.9 Å². The lowest BCUT2D eigenvalue weighted by molar-refractivity contribution is -0.153. The lowest BCUT2D eigenvalue weighted by Gasteiger charge is -2.37. The van der Waals surface area contributed by atoms with Gasteiger partial charge in [0.15, 0.2) is 5.69 Å². The van der Waals surface area contributed by atoms with Gasteiger partial charge in [-0.1, -0.05) is 31.0 Å². The zero-order valence-corrected chi connectivity index (χ0v) is 22.3. The minimum Gasteiger partial charge on any atom is -0.431 e. The third-order valence-electron chi connectivity index (χ3n) is 7.79. The number of aromatic nitrogens is 2. The van der Waals surface area contributed by atoms with Crippen molar-refractivity contribution >= 4 is 23.3 Å². The fourth-order valence-electron chi connectivity index (χ4n) is 5.50. The first kappa shape index (κ1) is 27.7. The Kier molecular flexibility index (Phi) is 8.09. The summed E-state index contributed by atoms with van der Waals surface area (Å²) in [7, 11) is 1.90. The average molecular weight is 556 g/mol. The van der Waals surface area contributed by atoms with Crippen molar-refractivity contribution < 1.29 is 27.2 Å². The van der Waals surface area contributed by atoms with E-state index in [1.54, 1.807) is 42.5 Å². The predicted octanol–water partition coefficient (Wildman–Crippen LogP) is 6.02. The number of pyridine rings is 1. The van der Waals surface area contributed by atoms with Crippen LogP contribution in [0.5, 0.6) is 0 Å². The van der Waals surface area contributed by atoms with Gasteiger partial charge in [0.1, 0.15) is 5.82 Å². The van der Waals surface area contributed by atoms with Gasteiger partial charge in [0.25, 0.3) is 5.91 Å². The number of rotatable bonds is 7. The van der Waals surface area contributed by atoms with E-state index in [2.05, 4.69) is 20.2 Å².